The first-order valence-corrected chi connectivity index (χ1v) is 7.76. The Morgan fingerprint density at radius 1 is 1.40 bits per heavy atom. The van der Waals surface area contributed by atoms with Gasteiger partial charge in [0.1, 0.15) is 0 Å². The zero-order valence-corrected chi connectivity index (χ0v) is 15.1. The molecule has 2 N–H and O–H groups in total. The van der Waals surface area contributed by atoms with Crippen LogP contribution in [-0.4, -0.2) is 38.3 Å². The van der Waals surface area contributed by atoms with Crippen LogP contribution in [-0.2, 0) is 4.74 Å². The third kappa shape index (κ3) is 2.56. The Morgan fingerprint density at radius 2 is 2.15 bits per heavy atom. The number of halogens is 1. The molecule has 2 saturated carbocycles. The number of fused-ring (bicyclic) bond motifs is 2. The summed E-state index contributed by atoms with van der Waals surface area (Å²) in [4.78, 5) is 4.37. The minimum Gasteiger partial charge on any atom is -0.377 e. The molecular weight excluding hydrogens is 365 g/mol. The molecule has 20 heavy (non-hydrogen) atoms. The fraction of sp³-hybridized carbons (Fsp3) is 0.933. The van der Waals surface area contributed by atoms with Gasteiger partial charge in [0.15, 0.2) is 5.96 Å². The van der Waals surface area contributed by atoms with Crippen LogP contribution >= 0.6 is 24.0 Å². The third-order valence-electron chi connectivity index (χ3n) is 5.23. The maximum atomic E-state index is 5.95. The summed E-state index contributed by atoms with van der Waals surface area (Å²) in [6.45, 7) is 6.37. The summed E-state index contributed by atoms with van der Waals surface area (Å²) in [5, 5.41) is 7.11. The lowest BCUT2D eigenvalue weighted by molar-refractivity contribution is -0.171. The molecule has 3 rings (SSSR count). The lowest BCUT2D eigenvalue weighted by atomic mass is 9.46. The van der Waals surface area contributed by atoms with E-state index in [0.29, 0.717) is 29.4 Å². The predicted molar refractivity (Wildman–Crippen MR) is 92.7 cm³/mol. The van der Waals surface area contributed by atoms with Gasteiger partial charge >= 0.3 is 0 Å². The molecule has 1 heterocycles. The van der Waals surface area contributed by atoms with Crippen molar-refractivity contribution in [1.29, 1.82) is 0 Å². The van der Waals surface area contributed by atoms with Gasteiger partial charge in [0, 0.05) is 37.6 Å². The average molecular weight is 393 g/mol. The summed E-state index contributed by atoms with van der Waals surface area (Å²) in [5.41, 5.74) is 0.427. The van der Waals surface area contributed by atoms with E-state index in [1.54, 1.807) is 0 Å². The Bertz CT molecular complexity index is 368. The minimum atomic E-state index is 0. The zero-order chi connectivity index (χ0) is 13.5. The van der Waals surface area contributed by atoms with Gasteiger partial charge in [-0.25, -0.2) is 0 Å². The summed E-state index contributed by atoms with van der Waals surface area (Å²) in [6, 6.07) is 0.576. The molecule has 2 aliphatic carbocycles. The normalized spacial score (nSPS) is 34.0. The summed E-state index contributed by atoms with van der Waals surface area (Å²) in [6.07, 6.45) is 5.76. The van der Waals surface area contributed by atoms with Crippen molar-refractivity contribution in [3.8, 4) is 0 Å². The largest absolute Gasteiger partial charge is 0.377 e. The van der Waals surface area contributed by atoms with E-state index in [9.17, 15) is 0 Å². The summed E-state index contributed by atoms with van der Waals surface area (Å²) in [5.74, 6) is 2.31. The van der Waals surface area contributed by atoms with Crippen LogP contribution in [0.5, 0.6) is 0 Å². The molecule has 3 atom stereocenters. The smallest absolute Gasteiger partial charge is 0.191 e. The molecule has 116 valence electrons. The predicted octanol–water partition coefficient (Wildman–Crippen LogP) is 2.38. The number of hydrogen-bond donors (Lipinski definition) is 2. The molecule has 0 amide bonds. The number of ether oxygens (including phenoxy) is 1. The molecule has 4 nitrogen and oxygen atoms in total. The van der Waals surface area contributed by atoms with Crippen molar-refractivity contribution in [2.75, 3.05) is 20.2 Å². The van der Waals surface area contributed by atoms with E-state index >= 15 is 0 Å². The maximum Gasteiger partial charge on any atom is 0.191 e. The second-order valence-corrected chi connectivity index (χ2v) is 6.80. The van der Waals surface area contributed by atoms with Crippen LogP contribution in [0, 0.1) is 17.3 Å². The Balaban J connectivity index is 0.00000147. The van der Waals surface area contributed by atoms with Crippen molar-refractivity contribution in [3.05, 3.63) is 0 Å². The first-order valence-electron chi connectivity index (χ1n) is 7.76. The quantitative estimate of drug-likeness (QED) is 0.440. The molecule has 1 spiro atoms. The monoisotopic (exact) mass is 393 g/mol. The number of guanidine groups is 1. The first kappa shape index (κ1) is 16.3. The van der Waals surface area contributed by atoms with Crippen molar-refractivity contribution in [2.24, 2.45) is 22.2 Å². The highest BCUT2D eigenvalue weighted by Gasteiger charge is 2.66. The van der Waals surface area contributed by atoms with E-state index in [0.717, 1.165) is 19.1 Å². The van der Waals surface area contributed by atoms with E-state index in [2.05, 4.69) is 29.5 Å². The SMILES string of the molecule is CN=C(NCC(C)C)NC1C2CCOC2C12CCC2.I. The van der Waals surface area contributed by atoms with Crippen LogP contribution in [0.15, 0.2) is 4.99 Å². The highest BCUT2D eigenvalue weighted by atomic mass is 127. The van der Waals surface area contributed by atoms with Gasteiger partial charge in [-0.1, -0.05) is 20.3 Å². The maximum absolute atomic E-state index is 5.95. The Labute approximate surface area is 139 Å². The second kappa shape index (κ2) is 6.38. The lowest BCUT2D eigenvalue weighted by Gasteiger charge is -2.63. The van der Waals surface area contributed by atoms with E-state index in [1.807, 2.05) is 7.05 Å². The van der Waals surface area contributed by atoms with Crippen molar-refractivity contribution < 1.29 is 4.74 Å². The third-order valence-corrected chi connectivity index (χ3v) is 5.23. The highest BCUT2D eigenvalue weighted by Crippen LogP contribution is 2.62. The molecule has 0 radical (unpaired) electrons. The standard InChI is InChI=1S/C15H27N3O.HI/c1-10(2)9-17-14(16-3)18-12-11-5-8-19-13(11)15(12)6-4-7-15;/h10-13H,4-9H2,1-3H3,(H2,16,17,18);1H. The number of hydrogen-bond acceptors (Lipinski definition) is 2. The molecule has 0 aromatic rings. The first-order chi connectivity index (χ1) is 9.17. The molecule has 0 aromatic heterocycles. The number of nitrogens with one attached hydrogen (secondary N) is 2. The molecule has 1 aliphatic heterocycles. The van der Waals surface area contributed by atoms with Crippen molar-refractivity contribution in [2.45, 2.75) is 51.7 Å². The fourth-order valence-electron chi connectivity index (χ4n) is 4.10. The molecule has 0 aromatic carbocycles. The summed E-state index contributed by atoms with van der Waals surface area (Å²) >= 11 is 0. The van der Waals surface area contributed by atoms with Gasteiger partial charge in [0.2, 0.25) is 0 Å². The fourth-order valence-corrected chi connectivity index (χ4v) is 4.10. The Kier molecular flexibility index (Phi) is 5.21. The molecule has 3 aliphatic rings. The molecule has 1 saturated heterocycles. The number of nitrogens with zero attached hydrogens (tertiary/aromatic N) is 1. The summed E-state index contributed by atoms with van der Waals surface area (Å²) in [7, 11) is 1.87. The van der Waals surface area contributed by atoms with Gasteiger partial charge in [-0.3, -0.25) is 4.99 Å². The minimum absolute atomic E-state index is 0. The molecule has 3 unspecified atom stereocenters. The molecule has 0 bridgehead atoms. The van der Waals surface area contributed by atoms with E-state index < -0.39 is 0 Å². The molecule has 5 heteroatoms. The van der Waals surface area contributed by atoms with Gasteiger partial charge in [0.05, 0.1) is 6.10 Å². The van der Waals surface area contributed by atoms with E-state index in [-0.39, 0.29) is 24.0 Å². The lowest BCUT2D eigenvalue weighted by Crippen LogP contribution is -2.72. The number of rotatable bonds is 3. The van der Waals surface area contributed by atoms with Crippen LogP contribution in [0.3, 0.4) is 0 Å². The zero-order valence-electron chi connectivity index (χ0n) is 12.8. The van der Waals surface area contributed by atoms with Crippen LogP contribution in [0.4, 0.5) is 0 Å². The van der Waals surface area contributed by atoms with Gasteiger partial charge in [-0.15, -0.1) is 24.0 Å². The van der Waals surface area contributed by atoms with Crippen molar-refractivity contribution in [3.63, 3.8) is 0 Å². The van der Waals surface area contributed by atoms with Gasteiger partial charge in [-0.05, 0) is 25.2 Å². The van der Waals surface area contributed by atoms with Gasteiger partial charge in [0.25, 0.3) is 0 Å². The molecule has 3 fully saturated rings. The van der Waals surface area contributed by atoms with Gasteiger partial charge < -0.3 is 15.4 Å². The average Bonchev–Trinajstić information content (AvgIpc) is 2.72. The van der Waals surface area contributed by atoms with Crippen LogP contribution in [0.25, 0.3) is 0 Å². The van der Waals surface area contributed by atoms with Crippen molar-refractivity contribution >= 4 is 29.9 Å². The van der Waals surface area contributed by atoms with E-state index in [4.69, 9.17) is 4.74 Å². The van der Waals surface area contributed by atoms with Crippen LogP contribution < -0.4 is 10.6 Å². The van der Waals surface area contributed by atoms with Crippen LogP contribution in [0.1, 0.15) is 39.5 Å². The van der Waals surface area contributed by atoms with Gasteiger partial charge in [-0.2, -0.15) is 0 Å². The highest BCUT2D eigenvalue weighted by molar-refractivity contribution is 14.0. The molecular formula is C15H28IN3O. The topological polar surface area (TPSA) is 45.7 Å². The number of aliphatic imine (C=N–C) groups is 1. The second-order valence-electron chi connectivity index (χ2n) is 6.80. The summed E-state index contributed by atoms with van der Waals surface area (Å²) < 4.78 is 5.95. The van der Waals surface area contributed by atoms with Crippen molar-refractivity contribution in [1.82, 2.24) is 10.6 Å². The van der Waals surface area contributed by atoms with Crippen LogP contribution in [0.2, 0.25) is 0 Å². The Hall–Kier alpha value is -0.0400. The Morgan fingerprint density at radius 3 is 2.70 bits per heavy atom. The van der Waals surface area contributed by atoms with E-state index in [1.165, 1.54) is 25.7 Å².